The van der Waals surface area contributed by atoms with Crippen molar-refractivity contribution in [3.63, 3.8) is 0 Å². The summed E-state index contributed by atoms with van der Waals surface area (Å²) in [4.78, 5) is 36.5. The van der Waals surface area contributed by atoms with E-state index in [2.05, 4.69) is 8.62 Å². The maximum absolute atomic E-state index is 15.0. The van der Waals surface area contributed by atoms with Crippen LogP contribution in [0.1, 0.15) is 0 Å². The topological polar surface area (TPSA) is 143 Å². The van der Waals surface area contributed by atoms with Gasteiger partial charge in [-0.05, 0) is 34.6 Å². The molecule has 0 spiro atoms. The van der Waals surface area contributed by atoms with Gasteiger partial charge in [-0.15, -0.1) is 0 Å². The van der Waals surface area contributed by atoms with Gasteiger partial charge in [0, 0.05) is 9.79 Å². The van der Waals surface area contributed by atoms with Crippen LogP contribution in [0.25, 0.3) is 0 Å². The van der Waals surface area contributed by atoms with Crippen molar-refractivity contribution in [3.8, 4) is 0 Å². The number of fused-ring (bicyclic) bond motifs is 1. The number of alkyl halides is 9. The molecule has 3 N–H and O–H groups in total. The van der Waals surface area contributed by atoms with E-state index in [0.717, 1.165) is 48.5 Å². The Morgan fingerprint density at radius 2 is 1.19 bits per heavy atom. The summed E-state index contributed by atoms with van der Waals surface area (Å²) < 4.78 is 155. The molecule has 2 heterocycles. The minimum atomic E-state index is -7.68. The number of urea groups is 2. The number of benzene rings is 2. The van der Waals surface area contributed by atoms with Crippen molar-refractivity contribution in [3.05, 3.63) is 60.7 Å². The average Bonchev–Trinajstić information content (AvgIpc) is 3.24. The van der Waals surface area contributed by atoms with Crippen LogP contribution >= 0.6 is 10.3 Å². The van der Waals surface area contributed by atoms with E-state index in [1.807, 2.05) is 10.6 Å². The minimum Gasteiger partial charge on any atom is -0.300 e. The molecule has 2 aliphatic rings. The molecule has 0 aliphatic carbocycles. The predicted molar refractivity (Wildman–Crippen MR) is 123 cm³/mol. The molecule has 1 atom stereocenters. The summed E-state index contributed by atoms with van der Waals surface area (Å²) >= 11 is 0. The van der Waals surface area contributed by atoms with E-state index in [-0.39, 0.29) is 0 Å². The second-order valence-corrected chi connectivity index (χ2v) is 13.0. The average molecular weight is 652 g/mol. The number of carbonyl (C=O) groups is 3. The molecule has 1 unspecified atom stereocenters. The molecule has 0 radical (unpaired) electrons. The summed E-state index contributed by atoms with van der Waals surface area (Å²) in [5, 5.41) is -1.91. The van der Waals surface area contributed by atoms with E-state index in [1.165, 1.54) is 12.1 Å². The summed E-state index contributed by atoms with van der Waals surface area (Å²) in [6.07, 6.45) is -7.37. The van der Waals surface area contributed by atoms with Gasteiger partial charge in [0.25, 0.3) is 5.91 Å². The van der Waals surface area contributed by atoms with Gasteiger partial charge in [-0.25, -0.2) is 13.2 Å². The first-order valence-corrected chi connectivity index (χ1v) is 13.8. The Labute approximate surface area is 229 Å². The Hall–Kier alpha value is -3.85. The molecule has 2 aromatic rings. The van der Waals surface area contributed by atoms with E-state index in [4.69, 9.17) is 0 Å². The van der Waals surface area contributed by atoms with Crippen molar-refractivity contribution in [1.82, 2.24) is 16.0 Å². The fourth-order valence-corrected chi connectivity index (χ4v) is 9.72. The molecule has 0 saturated carbocycles. The van der Waals surface area contributed by atoms with Crippen LogP contribution in [0.3, 0.4) is 0 Å². The number of amides is 5. The normalized spacial score (nSPS) is 20.7. The Morgan fingerprint density at radius 1 is 0.714 bits per heavy atom. The maximum Gasteiger partial charge on any atom is 0.460 e. The van der Waals surface area contributed by atoms with E-state index in [0.29, 0.717) is 0 Å². The number of carbonyl (C=O) groups excluding carboxylic acids is 3. The van der Waals surface area contributed by atoms with Crippen LogP contribution in [0, 0.1) is 0 Å². The third-order valence-electron chi connectivity index (χ3n) is 5.76. The maximum atomic E-state index is 15.0. The predicted octanol–water partition coefficient (Wildman–Crippen LogP) is 4.25. The third kappa shape index (κ3) is 4.20. The molecular formula is C21H13F9N4O6S2. The number of nitrogens with zero attached hydrogens (tertiary/aromatic N) is 1. The van der Waals surface area contributed by atoms with Crippen molar-refractivity contribution < 1.29 is 65.9 Å². The van der Waals surface area contributed by atoms with Gasteiger partial charge in [0.1, 0.15) is 0 Å². The number of imide groups is 1. The Morgan fingerprint density at radius 3 is 1.64 bits per heavy atom. The summed E-state index contributed by atoms with van der Waals surface area (Å²) in [5.74, 6) is -16.8. The summed E-state index contributed by atoms with van der Waals surface area (Å²) in [6, 6.07) is 7.41. The van der Waals surface area contributed by atoms with E-state index >= 15 is 0 Å². The van der Waals surface area contributed by atoms with Crippen LogP contribution in [0.2, 0.25) is 0 Å². The lowest BCUT2D eigenvalue weighted by Gasteiger charge is -2.52. The minimum absolute atomic E-state index is 0.647. The number of nitrogens with one attached hydrogen (secondary N) is 3. The van der Waals surface area contributed by atoms with Crippen LogP contribution in [0.15, 0.2) is 75.4 Å². The Balaban J connectivity index is 2.10. The van der Waals surface area contributed by atoms with Gasteiger partial charge >= 0.3 is 45.5 Å². The molecule has 4 rings (SSSR count). The second kappa shape index (κ2) is 9.59. The second-order valence-electron chi connectivity index (χ2n) is 8.35. The number of aliphatic imine (C=N–C) groups is 1. The molecule has 0 aromatic heterocycles. The first-order chi connectivity index (χ1) is 19.2. The van der Waals surface area contributed by atoms with Crippen LogP contribution < -0.4 is 16.0 Å². The molecule has 1 saturated heterocycles. The summed E-state index contributed by atoms with van der Waals surface area (Å²) in [6.45, 7) is 0. The molecule has 5 amide bonds. The first-order valence-electron chi connectivity index (χ1n) is 10.8. The van der Waals surface area contributed by atoms with Gasteiger partial charge in [-0.3, -0.25) is 20.7 Å². The number of hydrogen-bond acceptors (Lipinski definition) is 6. The molecule has 1 fully saturated rings. The SMILES string of the molecule is O=C1N=C2C(=O)NC(=O)NC2(S(OS(=O)(=O)C(F)(F)C(F)(F)C(F)(F)C(F)(F)F)(c2ccccc2)c2ccccc2)N1. The zero-order valence-electron chi connectivity index (χ0n) is 19.9. The highest BCUT2D eigenvalue weighted by atomic mass is 32.3. The fourth-order valence-electron chi connectivity index (χ4n) is 3.89. The van der Waals surface area contributed by atoms with Gasteiger partial charge < -0.3 is 0 Å². The molecule has 42 heavy (non-hydrogen) atoms. The molecule has 21 heteroatoms. The van der Waals surface area contributed by atoms with Crippen molar-refractivity contribution in [2.45, 2.75) is 38.1 Å². The van der Waals surface area contributed by atoms with Crippen molar-refractivity contribution in [1.29, 1.82) is 0 Å². The smallest absolute Gasteiger partial charge is 0.300 e. The van der Waals surface area contributed by atoms with Crippen LogP contribution in [0.5, 0.6) is 0 Å². The number of halogens is 9. The first kappa shape index (κ1) is 31.1. The van der Waals surface area contributed by atoms with Gasteiger partial charge in [0.2, 0.25) is 4.99 Å². The Kier molecular flexibility index (Phi) is 7.10. The molecule has 2 aliphatic heterocycles. The van der Waals surface area contributed by atoms with Crippen molar-refractivity contribution in [2.75, 3.05) is 0 Å². The molecule has 10 nitrogen and oxygen atoms in total. The van der Waals surface area contributed by atoms with Crippen molar-refractivity contribution in [2.24, 2.45) is 4.99 Å². The standard InChI is InChI=1S/C21H13F9N4O6S2/c22-18(23,20(26,27)28)19(24,25)21(29,30)42(38,39)40-41(11-7-3-1-4-8-11,12-9-5-2-6-10-12)17-13(31-15(36)33-17)14(35)32-16(37)34-17/h1-10H,(H,33,36)(H2,32,34,35,37). The monoisotopic (exact) mass is 652 g/mol. The largest absolute Gasteiger partial charge is 0.460 e. The molecule has 228 valence electrons. The quantitative estimate of drug-likeness (QED) is 0.364. The summed E-state index contributed by atoms with van der Waals surface area (Å²) in [5.41, 5.74) is -1.15. The molecule has 2 aromatic carbocycles. The lowest BCUT2D eigenvalue weighted by Crippen LogP contribution is -2.73. The number of rotatable bonds is 8. The van der Waals surface area contributed by atoms with Crippen LogP contribution in [-0.4, -0.2) is 60.4 Å². The molecular weight excluding hydrogens is 639 g/mol. The van der Waals surface area contributed by atoms with E-state index < -0.39 is 82.2 Å². The zero-order chi connectivity index (χ0) is 31.6. The zero-order valence-corrected chi connectivity index (χ0v) is 21.5. The highest BCUT2D eigenvalue weighted by Crippen LogP contribution is 2.73. The van der Waals surface area contributed by atoms with Gasteiger partial charge in [-0.2, -0.15) is 52.9 Å². The fraction of sp³-hybridized carbons (Fsp3) is 0.238. The summed E-state index contributed by atoms with van der Waals surface area (Å²) in [7, 11) is -12.6. The van der Waals surface area contributed by atoms with Gasteiger partial charge in [-0.1, -0.05) is 36.4 Å². The van der Waals surface area contributed by atoms with Crippen molar-refractivity contribution >= 4 is 44.1 Å². The highest BCUT2D eigenvalue weighted by Gasteiger charge is 2.86. The van der Waals surface area contributed by atoms with Gasteiger partial charge in [0.05, 0.1) is 0 Å². The van der Waals surface area contributed by atoms with Crippen LogP contribution in [-0.2, 0) is 18.5 Å². The number of hydrogen-bond donors (Lipinski definition) is 3. The highest BCUT2D eigenvalue weighted by molar-refractivity contribution is 8.34. The third-order valence-corrected chi connectivity index (χ3v) is 11.3. The Bertz CT molecular complexity index is 1550. The molecule has 0 bridgehead atoms. The van der Waals surface area contributed by atoms with E-state index in [9.17, 15) is 62.3 Å². The van der Waals surface area contributed by atoms with Crippen LogP contribution in [0.4, 0.5) is 49.1 Å². The van der Waals surface area contributed by atoms with E-state index in [1.54, 1.807) is 5.32 Å². The van der Waals surface area contributed by atoms with Gasteiger partial charge in [0.15, 0.2) is 5.71 Å². The lowest BCUT2D eigenvalue weighted by molar-refractivity contribution is -0.382. The lowest BCUT2D eigenvalue weighted by atomic mass is 10.1.